The summed E-state index contributed by atoms with van der Waals surface area (Å²) in [6.07, 6.45) is 0. The van der Waals surface area contributed by atoms with Crippen LogP contribution in [0.15, 0.2) is 65.6 Å². The van der Waals surface area contributed by atoms with Gasteiger partial charge in [-0.15, -0.1) is 0 Å². The second-order valence-electron chi connectivity index (χ2n) is 6.39. The third-order valence-corrected chi connectivity index (χ3v) is 5.98. The van der Waals surface area contributed by atoms with E-state index in [1.807, 2.05) is 0 Å². The topological polar surface area (TPSA) is 118 Å². The largest absolute Gasteiger partial charge is 0.320 e. The SMILES string of the molecule is Cc1c(C(=O)Nc2cc(Cl)ccc2NS(=O)(=O)c2ccccc2F)cccc1[N+](=O)[O-]. The molecule has 3 aromatic carbocycles. The second kappa shape index (κ2) is 8.70. The van der Waals surface area contributed by atoms with E-state index in [-0.39, 0.29) is 33.2 Å². The molecule has 3 aromatic rings. The van der Waals surface area contributed by atoms with E-state index in [1.165, 1.54) is 55.5 Å². The van der Waals surface area contributed by atoms with Crippen molar-refractivity contribution < 1.29 is 22.5 Å². The van der Waals surface area contributed by atoms with Gasteiger partial charge in [0.2, 0.25) is 0 Å². The minimum absolute atomic E-state index is 0.0108. The summed E-state index contributed by atoms with van der Waals surface area (Å²) in [6, 6.07) is 12.8. The molecule has 8 nitrogen and oxygen atoms in total. The average Bonchev–Trinajstić information content (AvgIpc) is 2.70. The zero-order valence-corrected chi connectivity index (χ0v) is 17.5. The van der Waals surface area contributed by atoms with E-state index in [0.717, 1.165) is 12.1 Å². The smallest absolute Gasteiger partial charge is 0.273 e. The summed E-state index contributed by atoms with van der Waals surface area (Å²) in [6.45, 7) is 1.42. The Balaban J connectivity index is 1.96. The number of hydrogen-bond donors (Lipinski definition) is 2. The van der Waals surface area contributed by atoms with Crippen molar-refractivity contribution in [3.8, 4) is 0 Å². The van der Waals surface area contributed by atoms with E-state index < -0.39 is 31.6 Å². The molecule has 31 heavy (non-hydrogen) atoms. The highest BCUT2D eigenvalue weighted by molar-refractivity contribution is 7.92. The van der Waals surface area contributed by atoms with Crippen LogP contribution in [0.4, 0.5) is 21.5 Å². The molecule has 2 N–H and O–H groups in total. The van der Waals surface area contributed by atoms with Crippen molar-refractivity contribution in [3.63, 3.8) is 0 Å². The summed E-state index contributed by atoms with van der Waals surface area (Å²) >= 11 is 5.98. The molecule has 11 heteroatoms. The highest BCUT2D eigenvalue weighted by Crippen LogP contribution is 2.30. The zero-order valence-electron chi connectivity index (χ0n) is 15.9. The maximum Gasteiger partial charge on any atom is 0.273 e. The molecule has 0 atom stereocenters. The van der Waals surface area contributed by atoms with Crippen LogP contribution in [0.1, 0.15) is 15.9 Å². The zero-order chi connectivity index (χ0) is 22.8. The van der Waals surface area contributed by atoms with Crippen LogP contribution in [-0.2, 0) is 10.0 Å². The molecular weight excluding hydrogens is 449 g/mol. The lowest BCUT2D eigenvalue weighted by Crippen LogP contribution is -2.18. The van der Waals surface area contributed by atoms with Crippen molar-refractivity contribution in [1.29, 1.82) is 0 Å². The van der Waals surface area contributed by atoms with Gasteiger partial charge in [-0.3, -0.25) is 19.6 Å². The van der Waals surface area contributed by atoms with Gasteiger partial charge in [-0.25, -0.2) is 12.8 Å². The first-order valence-electron chi connectivity index (χ1n) is 8.72. The van der Waals surface area contributed by atoms with Crippen LogP contribution in [-0.4, -0.2) is 19.2 Å². The predicted molar refractivity (Wildman–Crippen MR) is 114 cm³/mol. The molecule has 0 aliphatic heterocycles. The molecule has 1 amide bonds. The van der Waals surface area contributed by atoms with E-state index in [0.29, 0.717) is 0 Å². The number of carbonyl (C=O) groups excluding carboxylic acids is 1. The van der Waals surface area contributed by atoms with Crippen LogP contribution in [0.25, 0.3) is 0 Å². The predicted octanol–water partition coefficient (Wildman–Crippen LogP) is 4.75. The fraction of sp³-hybridized carbons (Fsp3) is 0.0500. The number of anilines is 2. The quantitative estimate of drug-likeness (QED) is 0.404. The lowest BCUT2D eigenvalue weighted by atomic mass is 10.1. The van der Waals surface area contributed by atoms with Gasteiger partial charge in [-0.1, -0.05) is 29.8 Å². The number of nitro groups is 1. The van der Waals surface area contributed by atoms with Gasteiger partial charge >= 0.3 is 0 Å². The number of sulfonamides is 1. The lowest BCUT2D eigenvalue weighted by Gasteiger charge is -2.15. The molecule has 0 aromatic heterocycles. The number of halogens is 2. The first-order chi connectivity index (χ1) is 14.6. The van der Waals surface area contributed by atoms with Crippen LogP contribution in [0.2, 0.25) is 5.02 Å². The molecule has 0 aliphatic rings. The minimum atomic E-state index is -4.31. The van der Waals surface area contributed by atoms with Gasteiger partial charge in [0, 0.05) is 22.2 Å². The van der Waals surface area contributed by atoms with Crippen LogP contribution in [0, 0.1) is 22.9 Å². The average molecular weight is 464 g/mol. The Hall–Kier alpha value is -3.50. The van der Waals surface area contributed by atoms with E-state index in [2.05, 4.69) is 10.0 Å². The van der Waals surface area contributed by atoms with Gasteiger partial charge in [0.05, 0.1) is 16.3 Å². The molecule has 0 saturated carbocycles. The summed E-state index contributed by atoms with van der Waals surface area (Å²) in [7, 11) is -4.31. The summed E-state index contributed by atoms with van der Waals surface area (Å²) in [4.78, 5) is 22.7. The van der Waals surface area contributed by atoms with Crippen LogP contribution < -0.4 is 10.0 Å². The van der Waals surface area contributed by atoms with Crippen LogP contribution in [0.5, 0.6) is 0 Å². The third-order valence-electron chi connectivity index (χ3n) is 4.35. The van der Waals surface area contributed by atoms with E-state index in [1.54, 1.807) is 0 Å². The van der Waals surface area contributed by atoms with Crippen molar-refractivity contribution in [2.24, 2.45) is 0 Å². The lowest BCUT2D eigenvalue weighted by molar-refractivity contribution is -0.385. The maximum atomic E-state index is 14.0. The molecule has 3 rings (SSSR count). The number of rotatable bonds is 6. The summed E-state index contributed by atoms with van der Waals surface area (Å²) in [5, 5.41) is 13.8. The Kier molecular flexibility index (Phi) is 6.23. The number of hydrogen-bond acceptors (Lipinski definition) is 5. The van der Waals surface area contributed by atoms with Crippen LogP contribution in [0.3, 0.4) is 0 Å². The molecule has 0 spiro atoms. The van der Waals surface area contributed by atoms with Gasteiger partial charge in [-0.05, 0) is 43.3 Å². The Labute approximate surface area is 181 Å². The number of nitro benzene ring substituents is 1. The Bertz CT molecular complexity index is 1300. The Morgan fingerprint density at radius 1 is 1.06 bits per heavy atom. The molecule has 0 heterocycles. The van der Waals surface area contributed by atoms with Crippen molar-refractivity contribution >= 4 is 44.6 Å². The molecule has 0 aliphatic carbocycles. The van der Waals surface area contributed by atoms with E-state index >= 15 is 0 Å². The van der Waals surface area contributed by atoms with E-state index in [9.17, 15) is 27.7 Å². The fourth-order valence-corrected chi connectivity index (χ4v) is 4.16. The number of amides is 1. The minimum Gasteiger partial charge on any atom is -0.320 e. The van der Waals surface area contributed by atoms with Crippen molar-refractivity contribution in [2.75, 3.05) is 10.0 Å². The number of carbonyl (C=O) groups is 1. The highest BCUT2D eigenvalue weighted by atomic mass is 35.5. The molecule has 0 saturated heterocycles. The van der Waals surface area contributed by atoms with Crippen molar-refractivity contribution in [2.45, 2.75) is 11.8 Å². The monoisotopic (exact) mass is 463 g/mol. The molecule has 160 valence electrons. The molecule has 0 fully saturated rings. The summed E-state index contributed by atoms with van der Waals surface area (Å²) in [5.41, 5.74) is -0.149. The molecular formula is C20H15ClFN3O5S. The van der Waals surface area contributed by atoms with Gasteiger partial charge in [-0.2, -0.15) is 0 Å². The number of nitrogens with one attached hydrogen (secondary N) is 2. The fourth-order valence-electron chi connectivity index (χ4n) is 2.83. The standard InChI is InChI=1S/C20H15ClFN3O5S/c1-12-14(5-4-7-18(12)25(27)28)20(26)23-17-11-13(21)9-10-16(17)24-31(29,30)19-8-3-2-6-15(19)22/h2-11,24H,1H3,(H,23,26). The van der Waals surface area contributed by atoms with E-state index in [4.69, 9.17) is 11.6 Å². The normalized spacial score (nSPS) is 11.1. The second-order valence-corrected chi connectivity index (χ2v) is 8.47. The third kappa shape index (κ3) is 4.81. The van der Waals surface area contributed by atoms with Gasteiger partial charge < -0.3 is 5.32 Å². The molecule has 0 bridgehead atoms. The Morgan fingerprint density at radius 2 is 1.77 bits per heavy atom. The van der Waals surface area contributed by atoms with Crippen molar-refractivity contribution in [1.82, 2.24) is 0 Å². The van der Waals surface area contributed by atoms with Gasteiger partial charge in [0.1, 0.15) is 10.7 Å². The highest BCUT2D eigenvalue weighted by Gasteiger charge is 2.22. The molecule has 0 unspecified atom stereocenters. The number of nitrogens with zero attached hydrogens (tertiary/aromatic N) is 1. The summed E-state index contributed by atoms with van der Waals surface area (Å²) < 4.78 is 41.4. The van der Waals surface area contributed by atoms with Gasteiger partial charge in [0.25, 0.3) is 21.6 Å². The maximum absolute atomic E-state index is 14.0. The summed E-state index contributed by atoms with van der Waals surface area (Å²) in [5.74, 6) is -1.66. The van der Waals surface area contributed by atoms with Gasteiger partial charge in [0.15, 0.2) is 0 Å². The van der Waals surface area contributed by atoms with Crippen LogP contribution >= 0.6 is 11.6 Å². The number of benzene rings is 3. The first kappa shape index (κ1) is 22.2. The molecule has 0 radical (unpaired) electrons. The Morgan fingerprint density at radius 3 is 2.45 bits per heavy atom. The first-order valence-corrected chi connectivity index (χ1v) is 10.6. The van der Waals surface area contributed by atoms with Crippen molar-refractivity contribution in [3.05, 3.63) is 92.7 Å².